The molecule has 0 aromatic rings. The van der Waals surface area contributed by atoms with Gasteiger partial charge < -0.3 is 0 Å². The van der Waals surface area contributed by atoms with Crippen molar-refractivity contribution in [3.63, 3.8) is 0 Å². The monoisotopic (exact) mass is 59.1 g/mol. The minimum atomic E-state index is 0.0972. The molecule has 0 rings (SSSR count). The third-order valence-corrected chi connectivity index (χ3v) is 3.67. The molecule has 0 aromatic heterocycles. The molecule has 0 aliphatic rings. The van der Waals surface area contributed by atoms with Gasteiger partial charge in [0.1, 0.15) is 0 Å². The summed E-state index contributed by atoms with van der Waals surface area (Å²) in [6.45, 7) is 4.59. The molecule has 0 nitrogen and oxygen atoms in total. The van der Waals surface area contributed by atoms with Crippen LogP contribution in [0.15, 0.2) is 0 Å². The van der Waals surface area contributed by atoms with Gasteiger partial charge in [0.2, 0.25) is 0 Å². The van der Waals surface area contributed by atoms with Gasteiger partial charge in [-0.2, -0.15) is 0 Å². The van der Waals surface area contributed by atoms with E-state index in [1.807, 2.05) is 0 Å². The summed E-state index contributed by atoms with van der Waals surface area (Å²) in [5.41, 5.74) is 0. The molecule has 0 heterocycles. The van der Waals surface area contributed by atoms with E-state index in [0.29, 0.717) is 0 Å². The summed E-state index contributed by atoms with van der Waals surface area (Å²) >= 11 is 0.0972. The van der Waals surface area contributed by atoms with Crippen LogP contribution in [0.3, 0.4) is 0 Å². The van der Waals surface area contributed by atoms with Gasteiger partial charge in [0.25, 0.3) is 0 Å². The van der Waals surface area contributed by atoms with E-state index >= 15 is 0 Å². The van der Waals surface area contributed by atoms with Crippen molar-refractivity contribution >= 4 is 0 Å². The second kappa shape index (κ2) is 4.62. The molecule has 0 radical (unpaired) electrons. The standard InChI is InChI=1S/2C2H5.Zn/c2*1-2;/h2*1H2,2H3;/i;;1-64. The Bertz CT molecular complexity index is 11.1. The van der Waals surface area contributed by atoms with E-state index in [1.54, 1.807) is 0 Å². The van der Waals surface area contributed by atoms with Crippen LogP contribution < -0.4 is 0 Å². The van der Waals surface area contributed by atoms with Crippen molar-refractivity contribution in [3.05, 3.63) is 0 Å². The van der Waals surface area contributed by atoms with Gasteiger partial charge in [0.15, 0.2) is 0 Å². The molecule has 0 spiro atoms. The van der Waals surface area contributed by atoms with E-state index in [-0.39, 0.29) is 17.1 Å². The third kappa shape index (κ3) is 4.62. The van der Waals surface area contributed by atoms with E-state index in [9.17, 15) is 0 Å². The zero-order valence-electron chi connectivity index (χ0n) is 4.12. The second-order valence-electron chi connectivity index (χ2n) is 1.35. The summed E-state index contributed by atoms with van der Waals surface area (Å²) in [4.78, 5) is 0. The van der Waals surface area contributed by atoms with Crippen molar-refractivity contribution in [2.24, 2.45) is 0 Å². The minimum absolute atomic E-state index is 0.0972. The molecule has 1 heteroatoms. The summed E-state index contributed by atoms with van der Waals surface area (Å²) in [5, 5.41) is 3.06. The van der Waals surface area contributed by atoms with Crippen molar-refractivity contribution in [1.82, 2.24) is 0 Å². The van der Waals surface area contributed by atoms with Gasteiger partial charge in [0.05, 0.1) is 0 Å². The Morgan fingerprint density at radius 2 is 1.60 bits per heavy atom. The van der Waals surface area contributed by atoms with Gasteiger partial charge in [-0.15, -0.1) is 0 Å². The number of hydrogen-bond acceptors (Lipinski definition) is 0. The summed E-state index contributed by atoms with van der Waals surface area (Å²) in [6, 6.07) is 0. The van der Waals surface area contributed by atoms with Crippen LogP contribution in [0.2, 0.25) is 10.0 Å². The Morgan fingerprint density at radius 1 is 1.20 bits per heavy atom. The molecular weight excluding hydrogens is 49.0 g/mol. The maximum atomic E-state index is 2.30. The van der Waals surface area contributed by atoms with Crippen LogP contribution >= 0.6 is 0 Å². The fraction of sp³-hybridized carbons (Fsp3) is 1.00. The Morgan fingerprint density at radius 3 is 1.60 bits per heavy atom. The van der Waals surface area contributed by atoms with Crippen LogP contribution in [0.1, 0.15) is 13.8 Å². The first-order valence-corrected chi connectivity index (χ1v) is 6.61. The second-order valence-corrected chi connectivity index (χ2v) is 7.03. The molecule has 0 atom stereocenters. The quantitative estimate of drug-likeness (QED) is 0.426. The maximum absolute atomic E-state index is 2.30. The molecule has 0 saturated heterocycles. The van der Waals surface area contributed by atoms with E-state index in [2.05, 4.69) is 13.8 Å². The molecular formula is C4H10Zn. The Kier molecular flexibility index (Phi) is 5.20. The zero-order chi connectivity index (χ0) is 4.12. The Balaban J connectivity index is 2.19. The first kappa shape index (κ1) is 5.62. The molecule has 0 N–H and O–H groups in total. The molecule has 0 aliphatic carbocycles. The van der Waals surface area contributed by atoms with E-state index in [1.165, 1.54) is 10.0 Å². The molecule has 0 saturated carbocycles. The molecule has 0 bridgehead atoms. The molecule has 0 aromatic carbocycles. The molecule has 5 heavy (non-hydrogen) atoms. The molecule has 0 unspecified atom stereocenters. The van der Waals surface area contributed by atoms with Crippen molar-refractivity contribution in [2.45, 2.75) is 23.9 Å². The van der Waals surface area contributed by atoms with E-state index < -0.39 is 0 Å². The van der Waals surface area contributed by atoms with Crippen LogP contribution in [0.25, 0.3) is 0 Å². The van der Waals surface area contributed by atoms with Crippen LogP contribution in [0.5, 0.6) is 0 Å². The first-order valence-electron chi connectivity index (χ1n) is 2.41. The summed E-state index contributed by atoms with van der Waals surface area (Å²) in [6.07, 6.45) is 0. The Hall–Kier alpha value is 0.623. The summed E-state index contributed by atoms with van der Waals surface area (Å²) in [7, 11) is 0. The predicted molar refractivity (Wildman–Crippen MR) is 21.0 cm³/mol. The van der Waals surface area contributed by atoms with E-state index in [4.69, 9.17) is 0 Å². The zero-order valence-corrected chi connectivity index (χ0v) is 7.09. The van der Waals surface area contributed by atoms with Gasteiger partial charge in [-0.25, -0.2) is 0 Å². The van der Waals surface area contributed by atoms with Gasteiger partial charge >= 0.3 is 41.0 Å². The molecule has 28 valence electrons. The van der Waals surface area contributed by atoms with Crippen molar-refractivity contribution in [2.75, 3.05) is 0 Å². The van der Waals surface area contributed by atoms with Crippen LogP contribution in [-0.2, 0) is 17.1 Å². The van der Waals surface area contributed by atoms with Gasteiger partial charge in [0, 0.05) is 0 Å². The van der Waals surface area contributed by atoms with Gasteiger partial charge in [-0.1, -0.05) is 0 Å². The number of rotatable bonds is 2. The fourth-order valence-corrected chi connectivity index (χ4v) is 1.84. The fourth-order valence-electron chi connectivity index (χ4n) is 0.354. The first-order chi connectivity index (χ1) is 2.41. The van der Waals surface area contributed by atoms with Crippen LogP contribution in [0.4, 0.5) is 0 Å². The normalized spacial score (nSPS) is 6.80. The van der Waals surface area contributed by atoms with E-state index in [0.717, 1.165) is 0 Å². The Labute approximate surface area is 41.6 Å². The summed E-state index contributed by atoms with van der Waals surface area (Å²) in [5.74, 6) is 0. The van der Waals surface area contributed by atoms with Crippen molar-refractivity contribution in [1.29, 1.82) is 0 Å². The third-order valence-electron chi connectivity index (χ3n) is 0.707. The summed E-state index contributed by atoms with van der Waals surface area (Å²) < 4.78 is 0. The number of hydrogen-bond donors (Lipinski definition) is 0. The predicted octanol–water partition coefficient (Wildman–Crippen LogP) is 1.95. The van der Waals surface area contributed by atoms with Crippen molar-refractivity contribution < 1.29 is 17.1 Å². The molecule has 0 aliphatic heterocycles. The topological polar surface area (TPSA) is 0 Å². The van der Waals surface area contributed by atoms with Crippen LogP contribution in [0, 0.1) is 0 Å². The molecule has 0 amide bonds. The average Bonchev–Trinajstić information content (AvgIpc) is 1.41. The van der Waals surface area contributed by atoms with Crippen molar-refractivity contribution in [3.8, 4) is 0 Å². The van der Waals surface area contributed by atoms with Gasteiger partial charge in [-0.05, 0) is 0 Å². The average molecular weight is 59.1 g/mol. The van der Waals surface area contributed by atoms with Gasteiger partial charge in [-0.3, -0.25) is 0 Å². The molecule has 0 fully saturated rings. The SMILES string of the molecule is C[CH2][1Zn][CH2]C. The van der Waals surface area contributed by atoms with Crippen LogP contribution in [-0.4, -0.2) is 0 Å².